The number of benzene rings is 3. The summed E-state index contributed by atoms with van der Waals surface area (Å²) >= 11 is 0. The monoisotopic (exact) mass is 432 g/mol. The minimum atomic E-state index is -4.05. The zero-order chi connectivity index (χ0) is 21.9. The second kappa shape index (κ2) is 8.50. The van der Waals surface area contributed by atoms with Crippen molar-refractivity contribution >= 4 is 27.3 Å². The van der Waals surface area contributed by atoms with Gasteiger partial charge in [-0.15, -0.1) is 0 Å². The SMILES string of the molecule is COc1ccccc1NS(=O)(=O)c1cc(C(=O)Nc2ccc(F)cc2F)ccc1C. The van der Waals surface area contributed by atoms with E-state index >= 15 is 0 Å². The van der Waals surface area contributed by atoms with E-state index in [1.54, 1.807) is 31.2 Å². The van der Waals surface area contributed by atoms with Crippen molar-refractivity contribution in [2.24, 2.45) is 0 Å². The van der Waals surface area contributed by atoms with Crippen LogP contribution in [0.15, 0.2) is 65.6 Å². The molecule has 0 unspecified atom stereocenters. The topological polar surface area (TPSA) is 84.5 Å². The number of ether oxygens (including phenoxy) is 1. The van der Waals surface area contributed by atoms with E-state index in [1.807, 2.05) is 0 Å². The van der Waals surface area contributed by atoms with Crippen molar-refractivity contribution in [3.05, 3.63) is 83.4 Å². The Bertz CT molecular complexity index is 1210. The first-order valence-corrected chi connectivity index (χ1v) is 10.2. The van der Waals surface area contributed by atoms with Gasteiger partial charge in [0, 0.05) is 11.6 Å². The molecule has 0 aliphatic heterocycles. The van der Waals surface area contributed by atoms with Gasteiger partial charge in [-0.1, -0.05) is 18.2 Å². The number of amides is 1. The van der Waals surface area contributed by atoms with Gasteiger partial charge in [-0.2, -0.15) is 0 Å². The lowest BCUT2D eigenvalue weighted by Gasteiger charge is -2.14. The molecule has 30 heavy (non-hydrogen) atoms. The molecule has 0 fully saturated rings. The maximum atomic E-state index is 13.8. The fourth-order valence-corrected chi connectivity index (χ4v) is 4.09. The van der Waals surface area contributed by atoms with Crippen LogP contribution in [0.1, 0.15) is 15.9 Å². The number of hydrogen-bond donors (Lipinski definition) is 2. The lowest BCUT2D eigenvalue weighted by molar-refractivity contribution is 0.102. The lowest BCUT2D eigenvalue weighted by atomic mass is 10.1. The van der Waals surface area contributed by atoms with Crippen LogP contribution in [-0.2, 0) is 10.0 Å². The zero-order valence-corrected chi connectivity index (χ0v) is 16.9. The van der Waals surface area contributed by atoms with Crippen LogP contribution in [0.4, 0.5) is 20.2 Å². The Labute approximate surface area is 172 Å². The van der Waals surface area contributed by atoms with E-state index in [4.69, 9.17) is 4.74 Å². The summed E-state index contributed by atoms with van der Waals surface area (Å²) in [6.07, 6.45) is 0. The molecule has 3 rings (SSSR count). The Morgan fingerprint density at radius 2 is 1.70 bits per heavy atom. The molecule has 2 N–H and O–H groups in total. The zero-order valence-electron chi connectivity index (χ0n) is 16.1. The average molecular weight is 432 g/mol. The molecule has 0 atom stereocenters. The van der Waals surface area contributed by atoms with Crippen molar-refractivity contribution in [2.75, 3.05) is 17.1 Å². The smallest absolute Gasteiger partial charge is 0.262 e. The number of halogens is 2. The van der Waals surface area contributed by atoms with Crippen LogP contribution in [0.25, 0.3) is 0 Å². The molecule has 0 spiro atoms. The normalized spacial score (nSPS) is 11.1. The molecular formula is C21H18F2N2O4S. The van der Waals surface area contributed by atoms with Gasteiger partial charge in [0.25, 0.3) is 15.9 Å². The molecule has 0 aliphatic rings. The van der Waals surface area contributed by atoms with Crippen molar-refractivity contribution in [2.45, 2.75) is 11.8 Å². The largest absolute Gasteiger partial charge is 0.495 e. The van der Waals surface area contributed by atoms with Gasteiger partial charge in [-0.25, -0.2) is 17.2 Å². The Balaban J connectivity index is 1.91. The molecule has 0 aliphatic carbocycles. The van der Waals surface area contributed by atoms with Gasteiger partial charge >= 0.3 is 0 Å². The van der Waals surface area contributed by atoms with Crippen LogP contribution >= 0.6 is 0 Å². The second-order valence-electron chi connectivity index (χ2n) is 6.36. The van der Waals surface area contributed by atoms with Crippen molar-refractivity contribution in [3.8, 4) is 5.75 Å². The third-order valence-corrected chi connectivity index (χ3v) is 5.78. The highest BCUT2D eigenvalue weighted by atomic mass is 32.2. The molecule has 0 saturated heterocycles. The Morgan fingerprint density at radius 3 is 2.40 bits per heavy atom. The molecule has 9 heteroatoms. The average Bonchev–Trinajstić information content (AvgIpc) is 2.70. The number of nitrogens with one attached hydrogen (secondary N) is 2. The van der Waals surface area contributed by atoms with E-state index in [0.717, 1.165) is 12.1 Å². The van der Waals surface area contributed by atoms with Gasteiger partial charge in [0.15, 0.2) is 0 Å². The molecular weight excluding hydrogens is 414 g/mol. The number of sulfonamides is 1. The minimum absolute atomic E-state index is 0.00951. The van der Waals surface area contributed by atoms with Crippen molar-refractivity contribution in [3.63, 3.8) is 0 Å². The van der Waals surface area contributed by atoms with Crippen molar-refractivity contribution in [1.29, 1.82) is 0 Å². The molecule has 0 saturated carbocycles. The Morgan fingerprint density at radius 1 is 0.967 bits per heavy atom. The summed E-state index contributed by atoms with van der Waals surface area (Å²) in [5.74, 6) is -2.13. The molecule has 0 bridgehead atoms. The van der Waals surface area contributed by atoms with Crippen LogP contribution in [0, 0.1) is 18.6 Å². The van der Waals surface area contributed by atoms with Gasteiger partial charge in [0.1, 0.15) is 17.4 Å². The second-order valence-corrected chi connectivity index (χ2v) is 8.02. The molecule has 0 radical (unpaired) electrons. The van der Waals surface area contributed by atoms with E-state index in [-0.39, 0.29) is 21.8 Å². The Hall–Kier alpha value is -3.46. The quantitative estimate of drug-likeness (QED) is 0.607. The van der Waals surface area contributed by atoms with E-state index in [9.17, 15) is 22.0 Å². The van der Waals surface area contributed by atoms with Gasteiger partial charge in [0.05, 0.1) is 23.4 Å². The molecule has 3 aromatic carbocycles. The molecule has 1 amide bonds. The summed E-state index contributed by atoms with van der Waals surface area (Å²) in [6.45, 7) is 1.58. The fraction of sp³-hybridized carbons (Fsp3) is 0.0952. The highest BCUT2D eigenvalue weighted by molar-refractivity contribution is 7.92. The number of carbonyl (C=O) groups is 1. The molecule has 0 heterocycles. The number of anilines is 2. The maximum absolute atomic E-state index is 13.8. The summed E-state index contributed by atoms with van der Waals surface area (Å²) in [7, 11) is -2.64. The highest BCUT2D eigenvalue weighted by Gasteiger charge is 2.21. The van der Waals surface area contributed by atoms with E-state index in [0.29, 0.717) is 17.4 Å². The summed E-state index contributed by atoms with van der Waals surface area (Å²) in [6, 6.07) is 13.3. The predicted molar refractivity (Wildman–Crippen MR) is 109 cm³/mol. The first-order valence-electron chi connectivity index (χ1n) is 8.74. The van der Waals surface area contributed by atoms with Crippen LogP contribution in [0.2, 0.25) is 0 Å². The van der Waals surface area contributed by atoms with E-state index in [2.05, 4.69) is 10.0 Å². The van der Waals surface area contributed by atoms with Crippen LogP contribution in [0.5, 0.6) is 5.75 Å². The number of para-hydroxylation sites is 2. The molecule has 156 valence electrons. The van der Waals surface area contributed by atoms with Crippen LogP contribution in [0.3, 0.4) is 0 Å². The van der Waals surface area contributed by atoms with Crippen LogP contribution in [-0.4, -0.2) is 21.4 Å². The first-order chi connectivity index (χ1) is 14.2. The van der Waals surface area contributed by atoms with Gasteiger partial charge in [0.2, 0.25) is 0 Å². The number of rotatable bonds is 6. The van der Waals surface area contributed by atoms with Gasteiger partial charge in [-0.3, -0.25) is 9.52 Å². The molecule has 3 aromatic rings. The summed E-state index contributed by atoms with van der Waals surface area (Å²) in [5.41, 5.74) is 0.410. The third kappa shape index (κ3) is 4.57. The van der Waals surface area contributed by atoms with Gasteiger partial charge in [-0.05, 0) is 48.9 Å². The molecule has 0 aromatic heterocycles. The number of aryl methyl sites for hydroxylation is 1. The minimum Gasteiger partial charge on any atom is -0.495 e. The number of carbonyl (C=O) groups excluding carboxylic acids is 1. The Kier molecular flexibility index (Phi) is 6.02. The summed E-state index contributed by atoms with van der Waals surface area (Å²) < 4.78 is 60.3. The molecule has 6 nitrogen and oxygen atoms in total. The fourth-order valence-electron chi connectivity index (χ4n) is 2.74. The maximum Gasteiger partial charge on any atom is 0.262 e. The van der Waals surface area contributed by atoms with E-state index < -0.39 is 27.6 Å². The highest BCUT2D eigenvalue weighted by Crippen LogP contribution is 2.28. The standard InChI is InChI=1S/C21H18F2N2O4S/c1-13-7-8-14(21(26)24-17-10-9-15(22)12-16(17)23)11-20(13)30(27,28)25-18-5-3-4-6-19(18)29-2/h3-12,25H,1-2H3,(H,24,26). The van der Waals surface area contributed by atoms with Gasteiger partial charge < -0.3 is 10.1 Å². The number of methoxy groups -OCH3 is 1. The predicted octanol–water partition coefficient (Wildman–Crippen LogP) is 4.33. The summed E-state index contributed by atoms with van der Waals surface area (Å²) in [5, 5.41) is 2.30. The first kappa shape index (κ1) is 21.3. The van der Waals surface area contributed by atoms with E-state index in [1.165, 1.54) is 25.3 Å². The lowest BCUT2D eigenvalue weighted by Crippen LogP contribution is -2.18. The van der Waals surface area contributed by atoms with Crippen molar-refractivity contribution < 1.29 is 26.7 Å². The van der Waals surface area contributed by atoms with Crippen molar-refractivity contribution in [1.82, 2.24) is 0 Å². The summed E-state index contributed by atoms with van der Waals surface area (Å²) in [4.78, 5) is 12.4. The van der Waals surface area contributed by atoms with Crippen LogP contribution < -0.4 is 14.8 Å². The number of hydrogen-bond acceptors (Lipinski definition) is 4. The third-order valence-electron chi connectivity index (χ3n) is 4.27.